The normalized spacial score (nSPS) is 15.1. The van der Waals surface area contributed by atoms with Gasteiger partial charge in [-0.25, -0.2) is 19.2 Å². The number of hydrogen-bond acceptors (Lipinski definition) is 8. The van der Waals surface area contributed by atoms with Gasteiger partial charge in [0.1, 0.15) is 5.82 Å². The van der Waals surface area contributed by atoms with Crippen molar-refractivity contribution < 1.29 is 18.7 Å². The second kappa shape index (κ2) is 10.6. The minimum atomic E-state index is -1.12. The smallest absolute Gasteiger partial charge is 0.361 e. The van der Waals surface area contributed by atoms with Crippen LogP contribution in [-0.2, 0) is 9.53 Å². The Labute approximate surface area is 202 Å². The first-order valence-electron chi connectivity index (χ1n) is 11.5. The van der Waals surface area contributed by atoms with Gasteiger partial charge in [-0.3, -0.25) is 9.48 Å². The summed E-state index contributed by atoms with van der Waals surface area (Å²) in [7, 11) is 0. The van der Waals surface area contributed by atoms with Gasteiger partial charge in [0.05, 0.1) is 24.1 Å². The first-order chi connectivity index (χ1) is 16.8. The maximum Gasteiger partial charge on any atom is 0.361 e. The molecule has 4 N–H and O–H groups in total. The fourth-order valence-corrected chi connectivity index (χ4v) is 3.84. The van der Waals surface area contributed by atoms with Gasteiger partial charge >= 0.3 is 5.97 Å². The summed E-state index contributed by atoms with van der Waals surface area (Å²) in [5, 5.41) is 10.4. The number of benzene rings is 1. The molecule has 2 aromatic heterocycles. The van der Waals surface area contributed by atoms with Crippen molar-refractivity contribution in [1.82, 2.24) is 25.1 Å². The lowest BCUT2D eigenvalue weighted by Crippen LogP contribution is -2.37. The molecule has 0 aliphatic carbocycles. The Kier molecular flexibility index (Phi) is 7.35. The lowest BCUT2D eigenvalue weighted by Gasteiger charge is -2.22. The van der Waals surface area contributed by atoms with Crippen molar-refractivity contribution in [1.29, 1.82) is 0 Å². The van der Waals surface area contributed by atoms with Crippen LogP contribution in [0.1, 0.15) is 43.2 Å². The number of carbonyl (C=O) groups is 2. The number of anilines is 2. The van der Waals surface area contributed by atoms with Gasteiger partial charge in [-0.2, -0.15) is 5.10 Å². The number of nitrogens with one attached hydrogen (secondary N) is 2. The van der Waals surface area contributed by atoms with E-state index in [1.165, 1.54) is 30.5 Å². The lowest BCUT2D eigenvalue weighted by molar-refractivity contribution is -0.126. The molecule has 0 spiro atoms. The Balaban J connectivity index is 1.50. The van der Waals surface area contributed by atoms with E-state index in [1.807, 2.05) is 10.9 Å². The van der Waals surface area contributed by atoms with Crippen LogP contribution in [0, 0.1) is 11.7 Å². The van der Waals surface area contributed by atoms with E-state index in [4.69, 9.17) is 10.5 Å². The quantitative estimate of drug-likeness (QED) is 0.438. The van der Waals surface area contributed by atoms with Gasteiger partial charge < -0.3 is 21.1 Å². The number of rotatable bonds is 7. The summed E-state index contributed by atoms with van der Waals surface area (Å²) in [5.41, 5.74) is 7.23. The number of amides is 1. The van der Waals surface area contributed by atoms with Crippen LogP contribution in [0.2, 0.25) is 0 Å². The van der Waals surface area contributed by atoms with E-state index in [0.717, 1.165) is 25.9 Å². The molecule has 0 unspecified atom stereocenters. The monoisotopic (exact) mass is 481 g/mol. The predicted molar refractivity (Wildman–Crippen MR) is 128 cm³/mol. The zero-order chi connectivity index (χ0) is 24.9. The van der Waals surface area contributed by atoms with Gasteiger partial charge in [0, 0.05) is 17.4 Å². The molecule has 10 nitrogen and oxygen atoms in total. The van der Waals surface area contributed by atoms with Crippen LogP contribution in [0.25, 0.3) is 11.3 Å². The van der Waals surface area contributed by atoms with E-state index in [9.17, 15) is 14.0 Å². The molecule has 0 radical (unpaired) electrons. The summed E-state index contributed by atoms with van der Waals surface area (Å²) in [6.07, 6.45) is 5.84. The number of nitrogens with zero attached hydrogens (tertiary/aromatic N) is 4. The third-order valence-corrected chi connectivity index (χ3v) is 5.78. The number of nitrogen functional groups attached to an aromatic ring is 1. The number of carbonyl (C=O) groups excluding carboxylic acids is 2. The standard InChI is InChI=1S/C24H28FN7O3/c1-14(2)21(23(33)30-17-5-3-16(25)4-6-17)35-24(34)20-22(26)28-12-19(31-20)15-11-29-32(13-15)18-7-9-27-10-8-18/h3-6,11-14,18,21,27H,7-10H2,1-2H3,(H2,26,28)(H,30,33)/t21-/m1/s1. The maximum atomic E-state index is 13.1. The Hall–Kier alpha value is -3.86. The molecule has 1 atom stereocenters. The summed E-state index contributed by atoms with van der Waals surface area (Å²) in [6.45, 7) is 5.35. The molecular formula is C24H28FN7O3. The van der Waals surface area contributed by atoms with Crippen molar-refractivity contribution in [2.24, 2.45) is 5.92 Å². The maximum absolute atomic E-state index is 13.1. The van der Waals surface area contributed by atoms with Crippen molar-refractivity contribution in [2.45, 2.75) is 38.8 Å². The Bertz CT molecular complexity index is 1190. The van der Waals surface area contributed by atoms with Crippen molar-refractivity contribution in [3.63, 3.8) is 0 Å². The molecule has 35 heavy (non-hydrogen) atoms. The number of piperidine rings is 1. The minimum Gasteiger partial charge on any atom is -0.447 e. The summed E-state index contributed by atoms with van der Waals surface area (Å²) >= 11 is 0. The van der Waals surface area contributed by atoms with Crippen LogP contribution < -0.4 is 16.4 Å². The molecule has 1 aromatic carbocycles. The van der Waals surface area contributed by atoms with Crippen molar-refractivity contribution >= 4 is 23.4 Å². The van der Waals surface area contributed by atoms with Gasteiger partial charge in [-0.15, -0.1) is 0 Å². The lowest BCUT2D eigenvalue weighted by atomic mass is 10.1. The van der Waals surface area contributed by atoms with Gasteiger partial charge in [0.25, 0.3) is 5.91 Å². The fourth-order valence-electron chi connectivity index (χ4n) is 3.84. The molecule has 1 aliphatic rings. The van der Waals surface area contributed by atoms with Crippen molar-refractivity contribution in [3.05, 3.63) is 54.4 Å². The number of ether oxygens (including phenoxy) is 1. The Morgan fingerprint density at radius 3 is 2.60 bits per heavy atom. The minimum absolute atomic E-state index is 0.106. The molecule has 0 bridgehead atoms. The van der Waals surface area contributed by atoms with Gasteiger partial charge in [-0.05, 0) is 56.1 Å². The zero-order valence-electron chi connectivity index (χ0n) is 19.6. The average Bonchev–Trinajstić information content (AvgIpc) is 3.35. The van der Waals surface area contributed by atoms with E-state index in [0.29, 0.717) is 23.0 Å². The number of hydrogen-bond donors (Lipinski definition) is 3. The molecule has 1 fully saturated rings. The number of esters is 1. The molecule has 1 aliphatic heterocycles. The zero-order valence-corrected chi connectivity index (χ0v) is 19.6. The molecule has 1 amide bonds. The first kappa shape index (κ1) is 24.3. The SMILES string of the molecule is CC(C)[C@@H](OC(=O)c1nc(-c2cnn(C3CCNCC3)c2)cnc1N)C(=O)Nc1ccc(F)cc1. The summed E-state index contributed by atoms with van der Waals surface area (Å²) < 4.78 is 20.5. The van der Waals surface area contributed by atoms with E-state index in [1.54, 1.807) is 20.0 Å². The predicted octanol–water partition coefficient (Wildman–Crippen LogP) is 2.81. The van der Waals surface area contributed by atoms with Gasteiger partial charge in [0.15, 0.2) is 17.6 Å². The second-order valence-corrected chi connectivity index (χ2v) is 8.75. The average molecular weight is 482 g/mol. The topological polar surface area (TPSA) is 137 Å². The second-order valence-electron chi connectivity index (χ2n) is 8.75. The molecule has 1 saturated heterocycles. The van der Waals surface area contributed by atoms with E-state index in [-0.39, 0.29) is 17.4 Å². The number of aromatic nitrogens is 4. The highest BCUT2D eigenvalue weighted by Gasteiger charge is 2.29. The molecule has 11 heteroatoms. The van der Waals surface area contributed by atoms with Crippen LogP contribution in [0.15, 0.2) is 42.9 Å². The number of nitrogens with two attached hydrogens (primary N) is 1. The van der Waals surface area contributed by atoms with Gasteiger partial charge in [-0.1, -0.05) is 13.8 Å². The Morgan fingerprint density at radius 2 is 1.91 bits per heavy atom. The summed E-state index contributed by atoms with van der Waals surface area (Å²) in [6, 6.07) is 5.58. The van der Waals surface area contributed by atoms with E-state index >= 15 is 0 Å². The van der Waals surface area contributed by atoms with Crippen molar-refractivity contribution in [2.75, 3.05) is 24.1 Å². The number of halogens is 1. The third-order valence-electron chi connectivity index (χ3n) is 5.78. The fraction of sp³-hybridized carbons (Fsp3) is 0.375. The van der Waals surface area contributed by atoms with Crippen molar-refractivity contribution in [3.8, 4) is 11.3 Å². The van der Waals surface area contributed by atoms with Crippen LogP contribution in [0.3, 0.4) is 0 Å². The largest absolute Gasteiger partial charge is 0.447 e. The highest BCUT2D eigenvalue weighted by molar-refractivity contribution is 5.98. The Morgan fingerprint density at radius 1 is 1.20 bits per heavy atom. The highest BCUT2D eigenvalue weighted by atomic mass is 19.1. The van der Waals surface area contributed by atoms with Crippen LogP contribution in [0.4, 0.5) is 15.9 Å². The molecule has 4 rings (SSSR count). The van der Waals surface area contributed by atoms with E-state index < -0.39 is 23.8 Å². The summed E-state index contributed by atoms with van der Waals surface area (Å²) in [4.78, 5) is 34.2. The molecule has 3 heterocycles. The molecule has 0 saturated carbocycles. The van der Waals surface area contributed by atoms with E-state index in [2.05, 4.69) is 25.7 Å². The molecule has 184 valence electrons. The summed E-state index contributed by atoms with van der Waals surface area (Å²) in [5.74, 6) is -2.29. The van der Waals surface area contributed by atoms with Crippen LogP contribution in [0.5, 0.6) is 0 Å². The first-order valence-corrected chi connectivity index (χ1v) is 11.5. The molecular weight excluding hydrogens is 453 g/mol. The third kappa shape index (κ3) is 5.80. The van der Waals surface area contributed by atoms with Crippen LogP contribution >= 0.6 is 0 Å². The highest BCUT2D eigenvalue weighted by Crippen LogP contribution is 2.24. The van der Waals surface area contributed by atoms with Crippen LogP contribution in [-0.4, -0.2) is 50.8 Å². The molecule has 3 aromatic rings. The van der Waals surface area contributed by atoms with Gasteiger partial charge in [0.2, 0.25) is 0 Å².